The molecule has 32 heavy (non-hydrogen) atoms. The highest BCUT2D eigenvalue weighted by Crippen LogP contribution is 2.33. The van der Waals surface area contributed by atoms with Gasteiger partial charge in [0.25, 0.3) is 5.91 Å². The molecule has 2 N–H and O–H groups in total. The lowest BCUT2D eigenvalue weighted by Gasteiger charge is -2.14. The van der Waals surface area contributed by atoms with E-state index in [1.54, 1.807) is 35.0 Å². The van der Waals surface area contributed by atoms with E-state index in [-0.39, 0.29) is 11.9 Å². The SMILES string of the molecule is CCCCNC(=O)c1nn(-c2ccccc2Cl)c(Oc2ccc(Cl)cc2)c1CNC(C)C. The summed E-state index contributed by atoms with van der Waals surface area (Å²) >= 11 is 12.5. The van der Waals surface area contributed by atoms with E-state index >= 15 is 0 Å². The molecule has 1 amide bonds. The summed E-state index contributed by atoms with van der Waals surface area (Å²) in [5.74, 6) is 0.756. The highest BCUT2D eigenvalue weighted by atomic mass is 35.5. The van der Waals surface area contributed by atoms with Crippen LogP contribution in [0.2, 0.25) is 10.0 Å². The monoisotopic (exact) mass is 474 g/mol. The summed E-state index contributed by atoms with van der Waals surface area (Å²) in [6.45, 7) is 7.15. The number of para-hydroxylation sites is 1. The Morgan fingerprint density at radius 2 is 1.84 bits per heavy atom. The van der Waals surface area contributed by atoms with Crippen LogP contribution in [0.1, 0.15) is 49.7 Å². The molecule has 0 bridgehead atoms. The molecule has 1 heterocycles. The molecule has 2 aromatic carbocycles. The standard InChI is InChI=1S/C24H28Cl2N4O2/c1-4-5-14-27-23(31)22-19(15-28-16(2)3)24(32-18-12-10-17(25)11-13-18)30(29-22)21-9-7-6-8-20(21)26/h6-13,16,28H,4-5,14-15H2,1-3H3,(H,27,31). The number of benzene rings is 2. The third kappa shape index (κ3) is 6.03. The number of hydrogen-bond acceptors (Lipinski definition) is 4. The molecule has 170 valence electrons. The molecule has 1 aromatic heterocycles. The normalized spacial score (nSPS) is 11.1. The van der Waals surface area contributed by atoms with Crippen LogP contribution in [0.5, 0.6) is 11.6 Å². The number of halogens is 2. The highest BCUT2D eigenvalue weighted by molar-refractivity contribution is 6.32. The van der Waals surface area contributed by atoms with Crippen molar-refractivity contribution < 1.29 is 9.53 Å². The minimum absolute atomic E-state index is 0.207. The number of nitrogens with zero attached hydrogens (tertiary/aromatic N) is 2. The van der Waals surface area contributed by atoms with Gasteiger partial charge >= 0.3 is 0 Å². The number of rotatable bonds is 10. The van der Waals surface area contributed by atoms with E-state index in [4.69, 9.17) is 27.9 Å². The molecule has 0 aliphatic heterocycles. The Kier molecular flexibility index (Phi) is 8.56. The van der Waals surface area contributed by atoms with Crippen LogP contribution in [0.15, 0.2) is 48.5 Å². The smallest absolute Gasteiger partial charge is 0.272 e. The van der Waals surface area contributed by atoms with Crippen molar-refractivity contribution in [1.29, 1.82) is 0 Å². The summed E-state index contributed by atoms with van der Waals surface area (Å²) < 4.78 is 7.84. The van der Waals surface area contributed by atoms with Crippen molar-refractivity contribution in [2.75, 3.05) is 6.54 Å². The van der Waals surface area contributed by atoms with E-state index in [1.807, 2.05) is 32.0 Å². The first-order valence-corrected chi connectivity index (χ1v) is 11.5. The molecule has 0 spiro atoms. The van der Waals surface area contributed by atoms with Crippen molar-refractivity contribution in [3.63, 3.8) is 0 Å². The maximum Gasteiger partial charge on any atom is 0.272 e. The zero-order chi connectivity index (χ0) is 23.1. The fourth-order valence-corrected chi connectivity index (χ4v) is 3.39. The van der Waals surface area contributed by atoms with Crippen molar-refractivity contribution in [1.82, 2.24) is 20.4 Å². The Morgan fingerprint density at radius 1 is 1.12 bits per heavy atom. The third-order valence-electron chi connectivity index (χ3n) is 4.76. The average molecular weight is 475 g/mol. The lowest BCUT2D eigenvalue weighted by molar-refractivity contribution is 0.0946. The Hall–Kier alpha value is -2.54. The van der Waals surface area contributed by atoms with Gasteiger partial charge in [-0.25, -0.2) is 0 Å². The molecule has 0 aliphatic rings. The molecule has 0 unspecified atom stereocenters. The molecule has 0 aliphatic carbocycles. The van der Waals surface area contributed by atoms with Crippen LogP contribution < -0.4 is 15.4 Å². The first kappa shape index (κ1) is 24.1. The number of ether oxygens (including phenoxy) is 1. The zero-order valence-corrected chi connectivity index (χ0v) is 20.0. The number of nitrogens with one attached hydrogen (secondary N) is 2. The minimum atomic E-state index is -0.245. The zero-order valence-electron chi connectivity index (χ0n) is 18.5. The second-order valence-corrected chi connectivity index (χ2v) is 8.54. The number of carbonyl (C=O) groups excluding carboxylic acids is 1. The largest absolute Gasteiger partial charge is 0.439 e. The summed E-state index contributed by atoms with van der Waals surface area (Å²) in [4.78, 5) is 13.0. The van der Waals surface area contributed by atoms with Gasteiger partial charge in [-0.1, -0.05) is 62.5 Å². The molecular formula is C24H28Cl2N4O2. The number of hydrogen-bond donors (Lipinski definition) is 2. The van der Waals surface area contributed by atoms with Gasteiger partial charge in [-0.05, 0) is 42.8 Å². The second-order valence-electron chi connectivity index (χ2n) is 7.70. The second kappa shape index (κ2) is 11.4. The lowest BCUT2D eigenvalue weighted by atomic mass is 10.2. The molecule has 0 fully saturated rings. The van der Waals surface area contributed by atoms with Crippen LogP contribution in [-0.4, -0.2) is 28.3 Å². The maximum atomic E-state index is 13.0. The molecule has 0 saturated carbocycles. The van der Waals surface area contributed by atoms with Crippen molar-refractivity contribution in [3.8, 4) is 17.3 Å². The van der Waals surface area contributed by atoms with E-state index in [0.29, 0.717) is 51.7 Å². The summed E-state index contributed by atoms with van der Waals surface area (Å²) in [6, 6.07) is 14.6. The van der Waals surface area contributed by atoms with E-state index in [1.165, 1.54) is 0 Å². The average Bonchev–Trinajstić information content (AvgIpc) is 3.12. The summed E-state index contributed by atoms with van der Waals surface area (Å²) in [5.41, 5.74) is 1.58. The van der Waals surface area contributed by atoms with Crippen molar-refractivity contribution in [2.45, 2.75) is 46.2 Å². The fraction of sp³-hybridized carbons (Fsp3) is 0.333. The highest BCUT2D eigenvalue weighted by Gasteiger charge is 2.26. The predicted octanol–water partition coefficient (Wildman–Crippen LogP) is 6.00. The van der Waals surface area contributed by atoms with E-state index in [2.05, 4.69) is 22.7 Å². The van der Waals surface area contributed by atoms with Gasteiger partial charge in [-0.2, -0.15) is 9.78 Å². The molecule has 0 saturated heterocycles. The lowest BCUT2D eigenvalue weighted by Crippen LogP contribution is -2.28. The Balaban J connectivity index is 2.12. The predicted molar refractivity (Wildman–Crippen MR) is 129 cm³/mol. The number of amides is 1. The number of unbranched alkanes of at least 4 members (excludes halogenated alkanes) is 1. The van der Waals surface area contributed by atoms with Gasteiger partial charge in [0.15, 0.2) is 5.69 Å². The third-order valence-corrected chi connectivity index (χ3v) is 5.33. The fourth-order valence-electron chi connectivity index (χ4n) is 3.05. The van der Waals surface area contributed by atoms with Crippen LogP contribution in [0.3, 0.4) is 0 Å². The van der Waals surface area contributed by atoms with Crippen LogP contribution >= 0.6 is 23.2 Å². The molecule has 0 radical (unpaired) electrons. The summed E-state index contributed by atoms with van der Waals surface area (Å²) in [6.07, 6.45) is 1.88. The van der Waals surface area contributed by atoms with Crippen LogP contribution in [-0.2, 0) is 6.54 Å². The number of carbonyl (C=O) groups is 1. The summed E-state index contributed by atoms with van der Waals surface area (Å²) in [5, 5.41) is 12.1. The first-order chi connectivity index (χ1) is 15.4. The van der Waals surface area contributed by atoms with Crippen LogP contribution in [0, 0.1) is 0 Å². The number of aromatic nitrogens is 2. The first-order valence-electron chi connectivity index (χ1n) is 10.7. The Labute approximate surface area is 198 Å². The van der Waals surface area contributed by atoms with Gasteiger partial charge in [0.1, 0.15) is 5.75 Å². The quantitative estimate of drug-likeness (QED) is 0.353. The molecular weight excluding hydrogens is 447 g/mol. The van der Waals surface area contributed by atoms with Crippen molar-refractivity contribution >= 4 is 29.1 Å². The van der Waals surface area contributed by atoms with Gasteiger partial charge in [0, 0.05) is 24.2 Å². The minimum Gasteiger partial charge on any atom is -0.439 e. The van der Waals surface area contributed by atoms with Crippen molar-refractivity contribution in [2.24, 2.45) is 0 Å². The molecule has 3 aromatic rings. The van der Waals surface area contributed by atoms with Crippen LogP contribution in [0.25, 0.3) is 5.69 Å². The van der Waals surface area contributed by atoms with Gasteiger partial charge in [0.05, 0.1) is 16.3 Å². The van der Waals surface area contributed by atoms with Gasteiger partial charge < -0.3 is 15.4 Å². The topological polar surface area (TPSA) is 68.2 Å². The molecule has 0 atom stereocenters. The van der Waals surface area contributed by atoms with E-state index in [0.717, 1.165) is 12.8 Å². The molecule has 3 rings (SSSR count). The Morgan fingerprint density at radius 3 is 2.50 bits per heavy atom. The molecule has 6 nitrogen and oxygen atoms in total. The van der Waals surface area contributed by atoms with E-state index < -0.39 is 0 Å². The van der Waals surface area contributed by atoms with Crippen LogP contribution in [0.4, 0.5) is 0 Å². The summed E-state index contributed by atoms with van der Waals surface area (Å²) in [7, 11) is 0. The van der Waals surface area contributed by atoms with Gasteiger partial charge in [-0.15, -0.1) is 0 Å². The molecule has 8 heteroatoms. The Bertz CT molecular complexity index is 1050. The maximum absolute atomic E-state index is 13.0. The van der Waals surface area contributed by atoms with E-state index in [9.17, 15) is 4.79 Å². The van der Waals surface area contributed by atoms with Gasteiger partial charge in [0.2, 0.25) is 5.88 Å². The van der Waals surface area contributed by atoms with Gasteiger partial charge in [-0.3, -0.25) is 4.79 Å². The van der Waals surface area contributed by atoms with Crippen molar-refractivity contribution in [3.05, 3.63) is 69.8 Å².